The first-order chi connectivity index (χ1) is 13.0. The highest BCUT2D eigenvalue weighted by atomic mass is 32.2. The zero-order valence-electron chi connectivity index (χ0n) is 15.4. The molecule has 0 unspecified atom stereocenters. The fourth-order valence-corrected chi connectivity index (χ4v) is 4.65. The predicted molar refractivity (Wildman–Crippen MR) is 104 cm³/mol. The highest BCUT2D eigenvalue weighted by Crippen LogP contribution is 2.17. The number of piperazine rings is 1. The molecule has 0 aromatic heterocycles. The third kappa shape index (κ3) is 5.08. The minimum Gasteiger partial charge on any atom is -0.484 e. The van der Waals surface area contributed by atoms with Gasteiger partial charge in [0.1, 0.15) is 5.75 Å². The zero-order valence-corrected chi connectivity index (χ0v) is 16.2. The number of hydrogen-bond acceptors (Lipinski definition) is 4. The molecule has 0 saturated carbocycles. The van der Waals surface area contributed by atoms with Crippen molar-refractivity contribution in [2.24, 2.45) is 0 Å². The smallest absolute Gasteiger partial charge is 0.260 e. The number of carbonyl (C=O) groups excluding carboxylic acids is 1. The summed E-state index contributed by atoms with van der Waals surface area (Å²) in [6, 6.07) is 16.7. The lowest BCUT2D eigenvalue weighted by molar-refractivity contribution is -0.134. The quantitative estimate of drug-likeness (QED) is 0.760. The van der Waals surface area contributed by atoms with Gasteiger partial charge in [0.2, 0.25) is 10.0 Å². The number of para-hydroxylation sites is 1. The Balaban J connectivity index is 1.52. The Morgan fingerprint density at radius 3 is 2.26 bits per heavy atom. The average Bonchev–Trinajstić information content (AvgIpc) is 2.69. The van der Waals surface area contributed by atoms with E-state index in [4.69, 9.17) is 4.74 Å². The molecule has 0 atom stereocenters. The van der Waals surface area contributed by atoms with Crippen LogP contribution in [0.15, 0.2) is 54.6 Å². The van der Waals surface area contributed by atoms with Gasteiger partial charge in [-0.2, -0.15) is 4.31 Å². The number of benzene rings is 2. The Hall–Kier alpha value is -2.38. The molecule has 27 heavy (non-hydrogen) atoms. The van der Waals surface area contributed by atoms with E-state index in [1.54, 1.807) is 17.0 Å². The predicted octanol–water partition coefficient (Wildman–Crippen LogP) is 2.05. The van der Waals surface area contributed by atoms with Crippen LogP contribution in [-0.4, -0.2) is 56.3 Å². The fraction of sp³-hybridized carbons (Fsp3) is 0.350. The van der Waals surface area contributed by atoms with Crippen molar-refractivity contribution in [1.29, 1.82) is 0 Å². The summed E-state index contributed by atoms with van der Waals surface area (Å²) in [5.74, 6) is 0.505. The molecule has 1 heterocycles. The molecule has 7 heteroatoms. The molecular weight excluding hydrogens is 364 g/mol. The highest BCUT2D eigenvalue weighted by molar-refractivity contribution is 7.88. The number of rotatable bonds is 6. The lowest BCUT2D eigenvalue weighted by Gasteiger charge is -2.34. The average molecular weight is 388 g/mol. The van der Waals surface area contributed by atoms with E-state index in [0.29, 0.717) is 31.9 Å². The molecule has 0 bridgehead atoms. The summed E-state index contributed by atoms with van der Waals surface area (Å²) in [6.07, 6.45) is 0. The van der Waals surface area contributed by atoms with Crippen molar-refractivity contribution >= 4 is 15.9 Å². The van der Waals surface area contributed by atoms with Gasteiger partial charge < -0.3 is 9.64 Å². The summed E-state index contributed by atoms with van der Waals surface area (Å²) in [7, 11) is -3.40. The first kappa shape index (κ1) is 19.4. The maximum absolute atomic E-state index is 12.7. The number of hydrogen-bond donors (Lipinski definition) is 0. The molecule has 2 aromatic rings. The molecule has 3 rings (SSSR count). The van der Waals surface area contributed by atoms with Gasteiger partial charge in [0.15, 0.2) is 6.61 Å². The van der Waals surface area contributed by atoms with Crippen molar-refractivity contribution in [3.63, 3.8) is 0 Å². The third-order valence-corrected chi connectivity index (χ3v) is 6.52. The van der Waals surface area contributed by atoms with E-state index in [-0.39, 0.29) is 18.3 Å². The first-order valence-corrected chi connectivity index (χ1v) is 10.5. The van der Waals surface area contributed by atoms with Gasteiger partial charge in [0.25, 0.3) is 5.91 Å². The molecule has 6 nitrogen and oxygen atoms in total. The van der Waals surface area contributed by atoms with E-state index < -0.39 is 10.0 Å². The first-order valence-electron chi connectivity index (χ1n) is 8.94. The molecule has 1 saturated heterocycles. The van der Waals surface area contributed by atoms with Crippen LogP contribution >= 0.6 is 0 Å². The monoisotopic (exact) mass is 388 g/mol. The Bertz CT molecular complexity index is 876. The van der Waals surface area contributed by atoms with Gasteiger partial charge in [-0.1, -0.05) is 42.5 Å². The van der Waals surface area contributed by atoms with E-state index in [9.17, 15) is 13.2 Å². The van der Waals surface area contributed by atoms with Crippen molar-refractivity contribution in [1.82, 2.24) is 9.21 Å². The largest absolute Gasteiger partial charge is 0.484 e. The molecule has 144 valence electrons. The summed E-state index contributed by atoms with van der Waals surface area (Å²) in [5.41, 5.74) is 1.78. The van der Waals surface area contributed by atoms with Crippen LogP contribution in [0.4, 0.5) is 0 Å². The van der Waals surface area contributed by atoms with Gasteiger partial charge in [-0.05, 0) is 30.2 Å². The van der Waals surface area contributed by atoms with E-state index in [1.807, 2.05) is 49.4 Å². The van der Waals surface area contributed by atoms with Crippen LogP contribution < -0.4 is 4.74 Å². The van der Waals surface area contributed by atoms with E-state index in [0.717, 1.165) is 11.1 Å². The number of aryl methyl sites for hydroxylation is 1. The van der Waals surface area contributed by atoms with Gasteiger partial charge in [0, 0.05) is 26.2 Å². The summed E-state index contributed by atoms with van der Waals surface area (Å²) < 4.78 is 32.3. The topological polar surface area (TPSA) is 66.9 Å². The molecular formula is C20H24N2O4S. The van der Waals surface area contributed by atoms with Crippen LogP contribution in [-0.2, 0) is 20.6 Å². The SMILES string of the molecule is Cc1ccccc1CS(=O)(=O)N1CCN(C(=O)COc2ccccc2)CC1. The van der Waals surface area contributed by atoms with Gasteiger partial charge in [-0.15, -0.1) is 0 Å². The molecule has 1 amide bonds. The Morgan fingerprint density at radius 2 is 1.59 bits per heavy atom. The summed E-state index contributed by atoms with van der Waals surface area (Å²) in [6.45, 7) is 3.25. The van der Waals surface area contributed by atoms with Crippen LogP contribution in [0.3, 0.4) is 0 Å². The summed E-state index contributed by atoms with van der Waals surface area (Å²) >= 11 is 0. The second-order valence-corrected chi connectivity index (χ2v) is 8.53. The number of ether oxygens (including phenoxy) is 1. The molecule has 1 fully saturated rings. The third-order valence-electron chi connectivity index (χ3n) is 4.69. The molecule has 0 aliphatic carbocycles. The lowest BCUT2D eigenvalue weighted by atomic mass is 10.1. The Labute approximate surface area is 160 Å². The van der Waals surface area contributed by atoms with Crippen molar-refractivity contribution in [3.8, 4) is 5.75 Å². The van der Waals surface area contributed by atoms with E-state index >= 15 is 0 Å². The van der Waals surface area contributed by atoms with Crippen LogP contribution in [0.1, 0.15) is 11.1 Å². The number of sulfonamides is 1. The molecule has 2 aromatic carbocycles. The molecule has 1 aliphatic rings. The minimum absolute atomic E-state index is 0.00919. The van der Waals surface area contributed by atoms with Crippen LogP contribution in [0.5, 0.6) is 5.75 Å². The second kappa shape index (κ2) is 8.54. The van der Waals surface area contributed by atoms with Crippen molar-refractivity contribution in [3.05, 3.63) is 65.7 Å². The maximum atomic E-state index is 12.7. The second-order valence-electron chi connectivity index (χ2n) is 6.56. The van der Waals surface area contributed by atoms with Crippen molar-refractivity contribution in [2.45, 2.75) is 12.7 Å². The standard InChI is InChI=1S/C20H24N2O4S/c1-17-7-5-6-8-18(17)16-27(24,25)22-13-11-21(12-14-22)20(23)15-26-19-9-3-2-4-10-19/h2-10H,11-16H2,1H3. The minimum atomic E-state index is -3.40. The van der Waals surface area contributed by atoms with E-state index in [1.165, 1.54) is 4.31 Å². The van der Waals surface area contributed by atoms with Gasteiger partial charge >= 0.3 is 0 Å². The molecule has 1 aliphatic heterocycles. The van der Waals surface area contributed by atoms with Crippen LogP contribution in [0.25, 0.3) is 0 Å². The Morgan fingerprint density at radius 1 is 0.963 bits per heavy atom. The fourth-order valence-electron chi connectivity index (χ4n) is 3.03. The molecule has 0 spiro atoms. The maximum Gasteiger partial charge on any atom is 0.260 e. The van der Waals surface area contributed by atoms with Crippen molar-refractivity contribution in [2.75, 3.05) is 32.8 Å². The summed E-state index contributed by atoms with van der Waals surface area (Å²) in [5, 5.41) is 0. The lowest BCUT2D eigenvalue weighted by Crippen LogP contribution is -2.51. The Kier molecular flexibility index (Phi) is 6.13. The van der Waals surface area contributed by atoms with Gasteiger partial charge in [0.05, 0.1) is 5.75 Å². The number of amides is 1. The summed E-state index contributed by atoms with van der Waals surface area (Å²) in [4.78, 5) is 14.0. The highest BCUT2D eigenvalue weighted by Gasteiger charge is 2.29. The molecule has 0 radical (unpaired) electrons. The normalized spacial score (nSPS) is 15.5. The zero-order chi connectivity index (χ0) is 19.3. The number of nitrogens with zero attached hydrogens (tertiary/aromatic N) is 2. The van der Waals surface area contributed by atoms with Crippen LogP contribution in [0.2, 0.25) is 0 Å². The van der Waals surface area contributed by atoms with Gasteiger partial charge in [-0.3, -0.25) is 4.79 Å². The molecule has 0 N–H and O–H groups in total. The van der Waals surface area contributed by atoms with Gasteiger partial charge in [-0.25, -0.2) is 8.42 Å². The number of carbonyl (C=O) groups is 1. The van der Waals surface area contributed by atoms with Crippen LogP contribution in [0, 0.1) is 6.92 Å². The van der Waals surface area contributed by atoms with E-state index in [2.05, 4.69) is 0 Å². The van der Waals surface area contributed by atoms with Crippen molar-refractivity contribution < 1.29 is 17.9 Å².